The third-order valence-electron chi connectivity index (χ3n) is 7.98. The number of anilines is 1. The lowest BCUT2D eigenvalue weighted by Gasteiger charge is -2.30. The summed E-state index contributed by atoms with van der Waals surface area (Å²) in [5.41, 5.74) is 14.9. The lowest BCUT2D eigenvalue weighted by Crippen LogP contribution is -2.30. The molecule has 4 unspecified atom stereocenters. The van der Waals surface area contributed by atoms with Gasteiger partial charge in [0, 0.05) is 28.9 Å². The Balaban J connectivity index is 1.34. The molecule has 1 heterocycles. The van der Waals surface area contributed by atoms with E-state index in [1.807, 2.05) is 0 Å². The number of nitrogens with zero attached hydrogens (tertiary/aromatic N) is 1. The second-order valence-corrected chi connectivity index (χ2v) is 9.77. The van der Waals surface area contributed by atoms with Gasteiger partial charge < -0.3 is 10.6 Å². The van der Waals surface area contributed by atoms with Gasteiger partial charge in [0.15, 0.2) is 0 Å². The highest BCUT2D eigenvalue weighted by atomic mass is 15.2. The molecule has 0 radical (unpaired) electrons. The summed E-state index contributed by atoms with van der Waals surface area (Å²) in [6, 6.07) is 11.3. The number of hydrogen-bond donors (Lipinski definition) is 1. The molecule has 0 bridgehead atoms. The molecule has 0 saturated carbocycles. The molecule has 1 aromatic rings. The minimum atomic E-state index is 0.409. The molecular formula is C30H32N2. The lowest BCUT2D eigenvalue weighted by atomic mass is 9.76. The largest absolute Gasteiger partial charge is 0.402 e. The van der Waals surface area contributed by atoms with Crippen LogP contribution in [0.2, 0.25) is 0 Å². The van der Waals surface area contributed by atoms with Gasteiger partial charge in [-0.15, -0.1) is 0 Å². The summed E-state index contributed by atoms with van der Waals surface area (Å²) in [7, 11) is 0. The first-order valence-corrected chi connectivity index (χ1v) is 12.2. The molecule has 1 fully saturated rings. The van der Waals surface area contributed by atoms with Crippen molar-refractivity contribution in [3.05, 3.63) is 113 Å². The highest BCUT2D eigenvalue weighted by molar-refractivity contribution is 5.61. The monoisotopic (exact) mass is 420 g/mol. The fourth-order valence-electron chi connectivity index (χ4n) is 6.35. The zero-order chi connectivity index (χ0) is 21.5. The molecule has 0 aromatic heterocycles. The molecule has 1 aliphatic heterocycles. The normalized spacial score (nSPS) is 31.1. The summed E-state index contributed by atoms with van der Waals surface area (Å²) < 4.78 is 0. The van der Waals surface area contributed by atoms with Gasteiger partial charge in [-0.2, -0.15) is 0 Å². The molecule has 0 amide bonds. The Morgan fingerprint density at radius 1 is 0.906 bits per heavy atom. The summed E-state index contributed by atoms with van der Waals surface area (Å²) in [6.07, 6.45) is 27.9. The van der Waals surface area contributed by atoms with Crippen molar-refractivity contribution in [1.29, 1.82) is 0 Å². The van der Waals surface area contributed by atoms with Gasteiger partial charge in [0.25, 0.3) is 0 Å². The number of allylic oxidation sites excluding steroid dienone is 12. The van der Waals surface area contributed by atoms with Crippen LogP contribution >= 0.6 is 0 Å². The van der Waals surface area contributed by atoms with E-state index in [0.29, 0.717) is 23.8 Å². The van der Waals surface area contributed by atoms with Crippen LogP contribution in [0.3, 0.4) is 0 Å². The first-order chi connectivity index (χ1) is 15.8. The van der Waals surface area contributed by atoms with Crippen molar-refractivity contribution in [2.24, 2.45) is 23.5 Å². The van der Waals surface area contributed by atoms with Crippen molar-refractivity contribution in [2.45, 2.75) is 44.6 Å². The molecular weight excluding hydrogens is 388 g/mol. The number of benzene rings is 1. The number of para-hydroxylation sites is 1. The number of nitrogens with two attached hydrogens (primary N) is 1. The van der Waals surface area contributed by atoms with E-state index < -0.39 is 0 Å². The minimum Gasteiger partial charge on any atom is -0.402 e. The summed E-state index contributed by atoms with van der Waals surface area (Å²) in [6.45, 7) is 0. The predicted molar refractivity (Wildman–Crippen MR) is 134 cm³/mol. The standard InChI is InChI=1S/C30H32N2/c31-28-17-15-22(19-26(28)21-9-3-1-4-10-21)23-16-18-30-27(20-23)25-13-7-8-14-29(25)32(30)24-11-5-2-6-12-24/h1-3,5-8,11-14,16,18-19,21,25,27,29H,4,9-10,15,17,20,31H2. The fraction of sp³-hybridized carbons (Fsp3) is 0.333. The van der Waals surface area contributed by atoms with Crippen LogP contribution in [0.25, 0.3) is 0 Å². The van der Waals surface area contributed by atoms with Crippen molar-refractivity contribution >= 4 is 5.69 Å². The van der Waals surface area contributed by atoms with Crippen molar-refractivity contribution in [2.75, 3.05) is 4.90 Å². The van der Waals surface area contributed by atoms with E-state index in [1.54, 1.807) is 0 Å². The van der Waals surface area contributed by atoms with Crippen LogP contribution in [0, 0.1) is 17.8 Å². The van der Waals surface area contributed by atoms with E-state index in [-0.39, 0.29) is 0 Å². The summed E-state index contributed by atoms with van der Waals surface area (Å²) in [5.74, 6) is 1.66. The van der Waals surface area contributed by atoms with Crippen molar-refractivity contribution in [3.8, 4) is 0 Å². The van der Waals surface area contributed by atoms with Gasteiger partial charge >= 0.3 is 0 Å². The molecule has 4 aliphatic carbocycles. The maximum absolute atomic E-state index is 6.51. The smallest absolute Gasteiger partial charge is 0.0591 e. The van der Waals surface area contributed by atoms with Gasteiger partial charge in [0.1, 0.15) is 0 Å². The van der Waals surface area contributed by atoms with Crippen LogP contribution in [0.4, 0.5) is 5.69 Å². The average Bonchev–Trinajstić information content (AvgIpc) is 3.19. The van der Waals surface area contributed by atoms with Gasteiger partial charge in [-0.3, -0.25) is 0 Å². The zero-order valence-corrected chi connectivity index (χ0v) is 18.7. The van der Waals surface area contributed by atoms with E-state index in [2.05, 4.69) is 89.9 Å². The highest BCUT2D eigenvalue weighted by Crippen LogP contribution is 2.49. The molecule has 1 saturated heterocycles. The molecule has 162 valence electrons. The molecule has 0 spiro atoms. The van der Waals surface area contributed by atoms with Crippen LogP contribution in [0.1, 0.15) is 38.5 Å². The Morgan fingerprint density at radius 3 is 2.62 bits per heavy atom. The average molecular weight is 421 g/mol. The van der Waals surface area contributed by atoms with Gasteiger partial charge in [-0.05, 0) is 79.4 Å². The van der Waals surface area contributed by atoms with E-state index in [4.69, 9.17) is 5.73 Å². The van der Waals surface area contributed by atoms with Gasteiger partial charge in [0.2, 0.25) is 0 Å². The SMILES string of the molecule is NC1=C(C2CC=CCC2)C=C(C2=CC=C3C(C2)C2C=CC=CC2N3c2ccccc2)CC1. The Labute approximate surface area is 191 Å². The quantitative estimate of drug-likeness (QED) is 0.549. The van der Waals surface area contributed by atoms with Crippen LogP contribution in [-0.2, 0) is 0 Å². The summed E-state index contributed by atoms with van der Waals surface area (Å²) in [5, 5.41) is 0. The molecule has 32 heavy (non-hydrogen) atoms. The number of rotatable bonds is 3. The van der Waals surface area contributed by atoms with Gasteiger partial charge in [-0.1, -0.05) is 66.8 Å². The maximum Gasteiger partial charge on any atom is 0.0591 e. The van der Waals surface area contributed by atoms with Gasteiger partial charge in [-0.25, -0.2) is 0 Å². The summed E-state index contributed by atoms with van der Waals surface area (Å²) in [4.78, 5) is 2.57. The molecule has 1 aromatic carbocycles. The fourth-order valence-corrected chi connectivity index (χ4v) is 6.35. The molecule has 2 heteroatoms. The number of hydrogen-bond acceptors (Lipinski definition) is 2. The molecule has 5 aliphatic rings. The van der Waals surface area contributed by atoms with E-state index in [9.17, 15) is 0 Å². The van der Waals surface area contributed by atoms with Crippen LogP contribution in [0.5, 0.6) is 0 Å². The Kier molecular flexibility index (Phi) is 5.02. The van der Waals surface area contributed by atoms with Crippen LogP contribution in [-0.4, -0.2) is 6.04 Å². The Bertz CT molecular complexity index is 1110. The van der Waals surface area contributed by atoms with Crippen molar-refractivity contribution in [3.63, 3.8) is 0 Å². The second kappa shape index (κ2) is 8.16. The second-order valence-electron chi connectivity index (χ2n) is 9.77. The maximum atomic E-state index is 6.51. The van der Waals surface area contributed by atoms with Gasteiger partial charge in [0.05, 0.1) is 6.04 Å². The van der Waals surface area contributed by atoms with Crippen molar-refractivity contribution in [1.82, 2.24) is 0 Å². The zero-order valence-electron chi connectivity index (χ0n) is 18.7. The first kappa shape index (κ1) is 19.7. The Morgan fingerprint density at radius 2 is 1.78 bits per heavy atom. The molecule has 4 atom stereocenters. The lowest BCUT2D eigenvalue weighted by molar-refractivity contribution is 0.483. The van der Waals surface area contributed by atoms with Crippen molar-refractivity contribution < 1.29 is 0 Å². The van der Waals surface area contributed by atoms with E-state index in [1.165, 1.54) is 40.9 Å². The molecule has 2 N–H and O–H groups in total. The van der Waals surface area contributed by atoms with Crippen LogP contribution in [0.15, 0.2) is 113 Å². The summed E-state index contributed by atoms with van der Waals surface area (Å²) >= 11 is 0. The van der Waals surface area contributed by atoms with Crippen LogP contribution < -0.4 is 10.6 Å². The van der Waals surface area contributed by atoms with E-state index >= 15 is 0 Å². The molecule has 2 nitrogen and oxygen atoms in total. The Hall–Kier alpha value is -3.00. The van der Waals surface area contributed by atoms with E-state index in [0.717, 1.165) is 31.4 Å². The highest BCUT2D eigenvalue weighted by Gasteiger charge is 2.45. The minimum absolute atomic E-state index is 0.409. The third kappa shape index (κ3) is 3.33. The predicted octanol–water partition coefficient (Wildman–Crippen LogP) is 6.74. The number of fused-ring (bicyclic) bond motifs is 3. The third-order valence-corrected chi connectivity index (χ3v) is 7.98. The molecule has 6 rings (SSSR count). The first-order valence-electron chi connectivity index (χ1n) is 12.2. The topological polar surface area (TPSA) is 29.3 Å².